The molecule has 5 rings (SSSR count). The normalized spacial score (nSPS) is 14.4. The number of nitrogens with zero attached hydrogens (tertiary/aromatic N) is 6. The third-order valence-electron chi connectivity index (χ3n) is 18.0. The van der Waals surface area contributed by atoms with Crippen molar-refractivity contribution in [3.63, 3.8) is 0 Å². The quantitative estimate of drug-likeness (QED) is 0.0338. The Morgan fingerprint density at radius 3 is 1.38 bits per heavy atom. The first-order chi connectivity index (χ1) is 52.3. The molecule has 3 heterocycles. The number of carbonyl (C=O) groups excluding carboxylic acids is 17. The van der Waals surface area contributed by atoms with Crippen molar-refractivity contribution < 1.29 is 86.3 Å². The number of amidine groups is 2. The monoisotopic (exact) mass is 1520 g/mol. The average molecular weight is 1520 g/mol. The Balaban J connectivity index is 0.903. The zero-order valence-corrected chi connectivity index (χ0v) is 63.1. The fourth-order valence-electron chi connectivity index (χ4n) is 11.9. The largest absolute Gasteiger partial charge is 0.356 e. The van der Waals surface area contributed by atoms with Crippen LogP contribution in [0.15, 0.2) is 70.8 Å². The van der Waals surface area contributed by atoms with Gasteiger partial charge in [-0.3, -0.25) is 81.7 Å². The maximum absolute atomic E-state index is 13.6. The molecular weight excluding hydrogens is 1410 g/mol. The summed E-state index contributed by atoms with van der Waals surface area (Å²) >= 11 is 0. The van der Waals surface area contributed by atoms with E-state index in [0.29, 0.717) is 94.3 Å². The molecule has 109 heavy (non-hydrogen) atoms. The first-order valence-corrected chi connectivity index (χ1v) is 37.9. The van der Waals surface area contributed by atoms with Gasteiger partial charge < -0.3 is 52.3 Å². The van der Waals surface area contributed by atoms with E-state index in [9.17, 15) is 81.5 Å². The van der Waals surface area contributed by atoms with Crippen LogP contribution in [-0.2, 0) is 86.3 Å². The summed E-state index contributed by atoms with van der Waals surface area (Å²) in [5.41, 5.74) is 5.09. The van der Waals surface area contributed by atoms with Gasteiger partial charge >= 0.3 is 5.97 Å². The predicted molar refractivity (Wildman–Crippen MR) is 400 cm³/mol. The van der Waals surface area contributed by atoms with Crippen LogP contribution in [0.25, 0.3) is 0 Å². The van der Waals surface area contributed by atoms with Crippen LogP contribution in [0.5, 0.6) is 0 Å². The summed E-state index contributed by atoms with van der Waals surface area (Å²) in [6.45, 7) is 2.26. The lowest BCUT2D eigenvalue weighted by Gasteiger charge is -2.17. The summed E-state index contributed by atoms with van der Waals surface area (Å²) in [6, 6.07) is 18.5. The number of hydrogen-bond acceptors (Lipinski definition) is 24. The molecule has 1 fully saturated rings. The molecule has 0 saturated carbocycles. The number of benzene rings is 2. The van der Waals surface area contributed by atoms with Gasteiger partial charge in [0, 0.05) is 182 Å². The number of hydrogen-bond donors (Lipinski definition) is 9. The number of hydroxylamine groups is 2. The first-order valence-electron chi connectivity index (χ1n) is 37.9. The fraction of sp³-hybridized carbons (Fsp3) is 0.592. The van der Waals surface area contributed by atoms with E-state index in [-0.39, 0.29) is 233 Å². The minimum absolute atomic E-state index is 0.0261. The van der Waals surface area contributed by atoms with Gasteiger partial charge in [0.1, 0.15) is 53.4 Å². The van der Waals surface area contributed by atoms with Crippen molar-refractivity contribution in [2.45, 2.75) is 218 Å². The molecule has 3 aliphatic heterocycles. The molecule has 33 nitrogen and oxygen atoms in total. The van der Waals surface area contributed by atoms with Gasteiger partial charge in [0.15, 0.2) is 5.78 Å². The summed E-state index contributed by atoms with van der Waals surface area (Å²) in [5, 5.41) is 29.9. The van der Waals surface area contributed by atoms with Crippen molar-refractivity contribution in [3.8, 4) is 0 Å². The van der Waals surface area contributed by atoms with Gasteiger partial charge in [-0.15, -0.1) is 5.06 Å². The van der Waals surface area contributed by atoms with E-state index >= 15 is 0 Å². The van der Waals surface area contributed by atoms with Crippen molar-refractivity contribution in [2.75, 3.05) is 71.6 Å². The minimum Gasteiger partial charge on any atom is -0.356 e. The lowest BCUT2D eigenvalue weighted by Crippen LogP contribution is -2.39. The number of hydrazine groups is 1. The zero-order chi connectivity index (χ0) is 79.3. The van der Waals surface area contributed by atoms with Crippen LogP contribution in [0.3, 0.4) is 0 Å². The molecule has 3 aliphatic rings. The van der Waals surface area contributed by atoms with Gasteiger partial charge in [0.25, 0.3) is 11.8 Å². The van der Waals surface area contributed by atoms with E-state index in [2.05, 4.69) is 58.1 Å². The van der Waals surface area contributed by atoms with E-state index in [1.165, 1.54) is 6.92 Å². The van der Waals surface area contributed by atoms with Crippen molar-refractivity contribution in [2.24, 2.45) is 16.0 Å². The molecule has 0 aliphatic carbocycles. The molecule has 1 saturated heterocycles. The zero-order valence-electron chi connectivity index (χ0n) is 63.1. The number of rotatable bonds is 57. The van der Waals surface area contributed by atoms with Gasteiger partial charge in [-0.05, 0) is 81.9 Å². The average Bonchev–Trinajstić information content (AvgIpc) is 1.71. The van der Waals surface area contributed by atoms with E-state index in [0.717, 1.165) is 11.3 Å². The molecule has 33 heteroatoms. The van der Waals surface area contributed by atoms with Crippen molar-refractivity contribution in [1.29, 1.82) is 0 Å². The molecule has 2 aromatic carbocycles. The molecule has 3 unspecified atom stereocenters. The van der Waals surface area contributed by atoms with Crippen molar-refractivity contribution in [1.82, 2.24) is 62.9 Å². The molecule has 10 amide bonds. The second-order valence-corrected chi connectivity index (χ2v) is 27.2. The highest BCUT2D eigenvalue weighted by Crippen LogP contribution is 2.23. The lowest BCUT2D eigenvalue weighted by molar-refractivity contribution is -0.197. The molecule has 2 aromatic rings. The Labute approximate surface area is 635 Å². The van der Waals surface area contributed by atoms with Crippen LogP contribution in [0, 0.1) is 5.92 Å². The second kappa shape index (κ2) is 50.2. The number of aliphatic imine (C=N–C) groups is 1. The van der Waals surface area contributed by atoms with E-state index in [1.807, 2.05) is 77.6 Å². The summed E-state index contributed by atoms with van der Waals surface area (Å²) in [5.74, 6) is -5.55. The number of hydrazone groups is 1. The third kappa shape index (κ3) is 37.3. The van der Waals surface area contributed by atoms with Crippen molar-refractivity contribution >= 4 is 117 Å². The number of ketones is 6. The highest BCUT2D eigenvalue weighted by Gasteiger charge is 2.33. The molecule has 0 aromatic heterocycles. The molecule has 0 radical (unpaired) electrons. The fourth-order valence-corrected chi connectivity index (χ4v) is 11.9. The molecule has 0 spiro atoms. The molecule has 9 N–H and O–H groups in total. The Morgan fingerprint density at radius 1 is 0.468 bits per heavy atom. The van der Waals surface area contributed by atoms with Gasteiger partial charge in [-0.25, -0.2) is 20.2 Å². The predicted octanol–water partition coefficient (Wildman–Crippen LogP) is 3.53. The number of nitrogens with one attached hydrogen (secondary N) is 9. The second-order valence-electron chi connectivity index (χ2n) is 27.2. The van der Waals surface area contributed by atoms with E-state index in [4.69, 9.17) is 4.84 Å². The van der Waals surface area contributed by atoms with Gasteiger partial charge in [0.05, 0.1) is 31.0 Å². The van der Waals surface area contributed by atoms with E-state index in [1.54, 1.807) is 12.1 Å². The van der Waals surface area contributed by atoms with Gasteiger partial charge in [-0.1, -0.05) is 55.0 Å². The topological polar surface area (TPSA) is 445 Å². The number of anilines is 1. The number of unbranched alkanes of at least 4 members (excludes halogenated alkanes) is 2. The third-order valence-corrected chi connectivity index (χ3v) is 18.0. The molecule has 0 bridgehead atoms. The van der Waals surface area contributed by atoms with Crippen LogP contribution in [0.4, 0.5) is 5.69 Å². The number of Topliss-reactive ketones (excluding diaryl/α,β-unsaturated/α-hetero) is 6. The number of imide groups is 1. The molecule has 3 atom stereocenters. The SMILES string of the molecule is CC(=O)NC(CCCCNC(=O)CC1=NN(c2ccccc2)CN1C)C(=O)CCCC(=O)CCCC(=O)CCCC(=O)CCCC(=O)CCCC(=O)CC(CCCCNC(=O)CC1=NC(c2ccccc2)NN1C)C(=O)NCCC(=O)NCCC(=O)NCCC(=O)NCCC(=O)NCCC(=O)ON1C(=O)CCC1=O. The smallest absolute Gasteiger partial charge is 0.334 e. The standard InChI is InChI=1S/C76H109N15O18/c1-53(92)84-62(33-11-13-43-78-71(104)51-65-86-90(52-88(65)2)56-22-8-5-9-23-56)63(98)34-18-31-60(96)29-16-27-58(94)25-14-24-57(93)26-15-28-59(95)30-17-32-61(97)49-55(21-10-12-42-77-70(103)50-64-85-75(87-89(64)3)54-19-6-4-7-20-54)76(108)83-47-40-69(102)81-45-38-67(100)79-44-37-66(99)80-46-39-68(101)82-48-41-74(107)109-91-72(105)35-36-73(91)106/h4-9,19-20,22-23,55,62,75,87H,10-18,21,24-52H2,1-3H3,(H,77,103)(H,78,104)(H,79,100)(H,80,99)(H,81,102)(H,82,101)(H,83,108)(H,84,92). The van der Waals surface area contributed by atoms with Gasteiger partial charge in [-0.2, -0.15) is 5.10 Å². The maximum atomic E-state index is 13.6. The van der Waals surface area contributed by atoms with Crippen LogP contribution >= 0.6 is 0 Å². The summed E-state index contributed by atoms with van der Waals surface area (Å²) in [6.07, 6.45) is 4.45. The van der Waals surface area contributed by atoms with E-state index < -0.39 is 59.3 Å². The van der Waals surface area contributed by atoms with Gasteiger partial charge in [0.2, 0.25) is 47.3 Å². The minimum atomic E-state index is -0.876. The number of carbonyl (C=O) groups is 17. The number of para-hydroxylation sites is 1. The molecule has 596 valence electrons. The van der Waals surface area contributed by atoms with Crippen LogP contribution in [0.2, 0.25) is 0 Å². The Kier molecular flexibility index (Phi) is 41.1. The summed E-state index contributed by atoms with van der Waals surface area (Å²) < 4.78 is 0. The highest BCUT2D eigenvalue weighted by atomic mass is 16.7. The van der Waals surface area contributed by atoms with Crippen molar-refractivity contribution in [3.05, 3.63) is 66.2 Å². The highest BCUT2D eigenvalue weighted by molar-refractivity contribution is 6.03. The first kappa shape index (κ1) is 89.2. The van der Waals surface area contributed by atoms with Crippen LogP contribution in [-0.4, -0.2) is 199 Å². The Hall–Kier alpha value is -10.5. The summed E-state index contributed by atoms with van der Waals surface area (Å²) in [7, 11) is 3.65. The lowest BCUT2D eigenvalue weighted by atomic mass is 9.93. The van der Waals surface area contributed by atoms with Crippen LogP contribution < -0.4 is 53.0 Å². The van der Waals surface area contributed by atoms with Crippen LogP contribution in [0.1, 0.15) is 218 Å². The Morgan fingerprint density at radius 2 is 0.890 bits per heavy atom. The summed E-state index contributed by atoms with van der Waals surface area (Å²) in [4.78, 5) is 224. The number of amides is 10. The Bertz CT molecular complexity index is 3500. The maximum Gasteiger partial charge on any atom is 0.334 e. The molecular formula is C76H109N15O18.